The second-order valence-electron chi connectivity index (χ2n) is 4.48. The van der Waals surface area contributed by atoms with Crippen LogP contribution in [0.15, 0.2) is 16.7 Å². The summed E-state index contributed by atoms with van der Waals surface area (Å²) in [4.78, 5) is 7.50. The van der Waals surface area contributed by atoms with Crippen LogP contribution >= 0.6 is 11.3 Å². The van der Waals surface area contributed by atoms with E-state index in [2.05, 4.69) is 9.88 Å². The molecule has 0 saturated heterocycles. The number of nitrogens with zero attached hydrogens (tertiary/aromatic N) is 2. The molecular formula is C13H18N2O2S. The van der Waals surface area contributed by atoms with Gasteiger partial charge in [-0.2, -0.15) is 0 Å². The van der Waals surface area contributed by atoms with Gasteiger partial charge in [0.05, 0.1) is 22.9 Å². The van der Waals surface area contributed by atoms with E-state index < -0.39 is 6.10 Å². The first-order valence-electron chi connectivity index (χ1n) is 5.88. The number of aliphatic hydroxyl groups is 1. The van der Waals surface area contributed by atoms with Crippen molar-refractivity contribution >= 4 is 16.5 Å². The summed E-state index contributed by atoms with van der Waals surface area (Å²) in [6.45, 7) is 6.41. The van der Waals surface area contributed by atoms with Crippen LogP contribution in [0.4, 0.5) is 5.13 Å². The quantitative estimate of drug-likeness (QED) is 0.924. The second-order valence-corrected chi connectivity index (χ2v) is 5.49. The van der Waals surface area contributed by atoms with E-state index in [0.717, 1.165) is 33.6 Å². The first kappa shape index (κ1) is 13.1. The lowest BCUT2D eigenvalue weighted by atomic mass is 10.2. The van der Waals surface area contributed by atoms with E-state index in [1.165, 1.54) is 11.3 Å². The van der Waals surface area contributed by atoms with Crippen molar-refractivity contribution in [2.24, 2.45) is 0 Å². The predicted molar refractivity (Wildman–Crippen MR) is 73.0 cm³/mol. The minimum absolute atomic E-state index is 0.458. The van der Waals surface area contributed by atoms with Gasteiger partial charge >= 0.3 is 0 Å². The minimum atomic E-state index is -0.458. The minimum Gasteiger partial charge on any atom is -0.469 e. The van der Waals surface area contributed by atoms with Gasteiger partial charge < -0.3 is 14.4 Å². The standard InChI is InChI=1S/C13H18N2O2S/c1-8-12(9(2)16)18-13(14-8)15(4)7-11-5-6-17-10(11)3/h5-6,9,16H,7H2,1-4H3. The number of thiazole rings is 1. The molecule has 0 fully saturated rings. The summed E-state index contributed by atoms with van der Waals surface area (Å²) in [6.07, 6.45) is 1.24. The molecule has 0 radical (unpaired) electrons. The molecule has 0 bridgehead atoms. The number of aryl methyl sites for hydroxylation is 2. The lowest BCUT2D eigenvalue weighted by Crippen LogP contribution is -2.16. The van der Waals surface area contributed by atoms with Crippen molar-refractivity contribution in [3.8, 4) is 0 Å². The van der Waals surface area contributed by atoms with Crippen LogP contribution in [0.3, 0.4) is 0 Å². The lowest BCUT2D eigenvalue weighted by molar-refractivity contribution is 0.202. The number of aliphatic hydroxyl groups excluding tert-OH is 1. The molecule has 18 heavy (non-hydrogen) atoms. The average molecular weight is 266 g/mol. The average Bonchev–Trinajstić information content (AvgIpc) is 2.86. The second kappa shape index (κ2) is 5.12. The Balaban J connectivity index is 2.16. The van der Waals surface area contributed by atoms with E-state index in [9.17, 15) is 5.11 Å². The van der Waals surface area contributed by atoms with Gasteiger partial charge in [0.2, 0.25) is 0 Å². The summed E-state index contributed by atoms with van der Waals surface area (Å²) in [5.41, 5.74) is 2.06. The number of anilines is 1. The number of hydrogen-bond donors (Lipinski definition) is 1. The topological polar surface area (TPSA) is 49.5 Å². The predicted octanol–water partition coefficient (Wildman–Crippen LogP) is 3.04. The molecule has 2 rings (SSSR count). The fourth-order valence-corrected chi connectivity index (χ4v) is 2.81. The van der Waals surface area contributed by atoms with Crippen molar-refractivity contribution < 1.29 is 9.52 Å². The normalized spacial score (nSPS) is 12.7. The maximum atomic E-state index is 9.64. The monoisotopic (exact) mass is 266 g/mol. The summed E-state index contributed by atoms with van der Waals surface area (Å²) in [5.74, 6) is 0.936. The van der Waals surface area contributed by atoms with E-state index in [1.54, 1.807) is 13.2 Å². The molecule has 0 aliphatic heterocycles. The van der Waals surface area contributed by atoms with Crippen molar-refractivity contribution in [2.75, 3.05) is 11.9 Å². The summed E-state index contributed by atoms with van der Waals surface area (Å²) in [5, 5.41) is 10.6. The SMILES string of the molecule is Cc1nc(N(C)Cc2ccoc2C)sc1C(C)O. The van der Waals surface area contributed by atoms with Crippen LogP contribution in [0, 0.1) is 13.8 Å². The molecule has 2 heterocycles. The summed E-state index contributed by atoms with van der Waals surface area (Å²) in [7, 11) is 2.00. The highest BCUT2D eigenvalue weighted by Gasteiger charge is 2.15. The van der Waals surface area contributed by atoms with E-state index in [4.69, 9.17) is 4.42 Å². The van der Waals surface area contributed by atoms with Gasteiger partial charge in [0.25, 0.3) is 0 Å². The van der Waals surface area contributed by atoms with Gasteiger partial charge in [0.15, 0.2) is 5.13 Å². The van der Waals surface area contributed by atoms with Gasteiger partial charge in [-0.1, -0.05) is 11.3 Å². The molecule has 5 heteroatoms. The molecule has 4 nitrogen and oxygen atoms in total. The molecular weight excluding hydrogens is 248 g/mol. The zero-order valence-corrected chi connectivity index (χ0v) is 11.9. The molecule has 0 saturated carbocycles. The Bertz CT molecular complexity index is 531. The van der Waals surface area contributed by atoms with Crippen LogP contribution in [0.5, 0.6) is 0 Å². The zero-order chi connectivity index (χ0) is 13.3. The fourth-order valence-electron chi connectivity index (χ4n) is 1.84. The van der Waals surface area contributed by atoms with Gasteiger partial charge in [-0.25, -0.2) is 4.98 Å². The van der Waals surface area contributed by atoms with Crippen LogP contribution in [0.25, 0.3) is 0 Å². The highest BCUT2D eigenvalue weighted by molar-refractivity contribution is 7.15. The summed E-state index contributed by atoms with van der Waals surface area (Å²) in [6, 6.07) is 1.97. The Labute approximate surface area is 111 Å². The maximum absolute atomic E-state index is 9.64. The first-order valence-corrected chi connectivity index (χ1v) is 6.70. The molecule has 0 aliphatic carbocycles. The molecule has 0 spiro atoms. The maximum Gasteiger partial charge on any atom is 0.185 e. The smallest absolute Gasteiger partial charge is 0.185 e. The highest BCUT2D eigenvalue weighted by Crippen LogP contribution is 2.30. The fraction of sp³-hybridized carbons (Fsp3) is 0.462. The summed E-state index contributed by atoms with van der Waals surface area (Å²) < 4.78 is 5.28. The summed E-state index contributed by atoms with van der Waals surface area (Å²) >= 11 is 1.54. The Morgan fingerprint density at radius 2 is 2.22 bits per heavy atom. The van der Waals surface area contributed by atoms with Crippen LogP contribution < -0.4 is 4.90 Å². The van der Waals surface area contributed by atoms with Crippen LogP contribution in [-0.4, -0.2) is 17.1 Å². The van der Waals surface area contributed by atoms with Crippen LogP contribution in [-0.2, 0) is 6.54 Å². The highest BCUT2D eigenvalue weighted by atomic mass is 32.1. The lowest BCUT2D eigenvalue weighted by Gasteiger charge is -2.14. The van der Waals surface area contributed by atoms with Crippen LogP contribution in [0.2, 0.25) is 0 Å². The number of rotatable bonds is 4. The van der Waals surface area contributed by atoms with Gasteiger partial charge in [0.1, 0.15) is 5.76 Å². The number of hydrogen-bond acceptors (Lipinski definition) is 5. The van der Waals surface area contributed by atoms with Crippen molar-refractivity contribution in [3.63, 3.8) is 0 Å². The third-order valence-corrected chi connectivity index (χ3v) is 4.34. The Hall–Kier alpha value is -1.33. The largest absolute Gasteiger partial charge is 0.469 e. The van der Waals surface area contributed by atoms with E-state index in [-0.39, 0.29) is 0 Å². The third-order valence-electron chi connectivity index (χ3n) is 2.90. The van der Waals surface area contributed by atoms with E-state index in [0.29, 0.717) is 0 Å². The van der Waals surface area contributed by atoms with Crippen molar-refractivity contribution in [3.05, 3.63) is 34.2 Å². The molecule has 2 aromatic rings. The third kappa shape index (κ3) is 2.57. The molecule has 98 valence electrons. The van der Waals surface area contributed by atoms with Crippen molar-refractivity contribution in [1.29, 1.82) is 0 Å². The van der Waals surface area contributed by atoms with Gasteiger partial charge in [-0.05, 0) is 26.8 Å². The van der Waals surface area contributed by atoms with Crippen LogP contribution in [0.1, 0.15) is 34.9 Å². The van der Waals surface area contributed by atoms with Gasteiger partial charge in [0, 0.05) is 19.2 Å². The van der Waals surface area contributed by atoms with E-state index in [1.807, 2.05) is 27.0 Å². The molecule has 0 amide bonds. The molecule has 0 aliphatic rings. The Morgan fingerprint density at radius 3 is 2.72 bits per heavy atom. The van der Waals surface area contributed by atoms with E-state index >= 15 is 0 Å². The van der Waals surface area contributed by atoms with Crippen molar-refractivity contribution in [2.45, 2.75) is 33.4 Å². The molecule has 1 N–H and O–H groups in total. The Kier molecular flexibility index (Phi) is 3.73. The molecule has 2 aromatic heterocycles. The van der Waals surface area contributed by atoms with Crippen molar-refractivity contribution in [1.82, 2.24) is 4.98 Å². The first-order chi connectivity index (χ1) is 8.49. The molecule has 0 aromatic carbocycles. The molecule has 1 unspecified atom stereocenters. The zero-order valence-electron chi connectivity index (χ0n) is 11.1. The van der Waals surface area contributed by atoms with Gasteiger partial charge in [-0.3, -0.25) is 0 Å². The van der Waals surface area contributed by atoms with Gasteiger partial charge in [-0.15, -0.1) is 0 Å². The number of aromatic nitrogens is 1. The molecule has 1 atom stereocenters. The Morgan fingerprint density at radius 1 is 1.50 bits per heavy atom. The number of furan rings is 1.